The van der Waals surface area contributed by atoms with Crippen LogP contribution in [0.3, 0.4) is 0 Å². The Morgan fingerprint density at radius 1 is 0.935 bits per heavy atom. The molecule has 1 N–H and O–H groups in total. The van der Waals surface area contributed by atoms with Crippen LogP contribution >= 0.6 is 0 Å². The monoisotopic (exact) mass is 414 g/mol. The number of ether oxygens (including phenoxy) is 1. The zero-order chi connectivity index (χ0) is 22.1. The third-order valence-electron chi connectivity index (χ3n) is 4.66. The molecule has 0 unspecified atom stereocenters. The van der Waals surface area contributed by atoms with Gasteiger partial charge in [-0.3, -0.25) is 0 Å². The van der Waals surface area contributed by atoms with E-state index in [-0.39, 0.29) is 6.03 Å². The van der Waals surface area contributed by atoms with Crippen molar-refractivity contribution in [3.05, 3.63) is 90.0 Å². The topological polar surface area (TPSA) is 68.6 Å². The van der Waals surface area contributed by atoms with E-state index in [1.807, 2.05) is 50.5 Å². The van der Waals surface area contributed by atoms with Crippen molar-refractivity contribution in [2.24, 2.45) is 0 Å². The lowest BCUT2D eigenvalue weighted by molar-refractivity contribution is 0.202. The first-order valence-electron chi connectivity index (χ1n) is 10.1. The number of hydrogen-bond acceptors (Lipinski definition) is 4. The van der Waals surface area contributed by atoms with Crippen LogP contribution in [0.15, 0.2) is 78.9 Å². The van der Waals surface area contributed by atoms with Gasteiger partial charge in [0, 0.05) is 25.3 Å². The maximum Gasteiger partial charge on any atom is 0.322 e. The molecule has 0 fully saturated rings. The highest BCUT2D eigenvalue weighted by Gasteiger charge is 2.15. The van der Waals surface area contributed by atoms with Gasteiger partial charge in [0.2, 0.25) is 0 Å². The van der Waals surface area contributed by atoms with Crippen LogP contribution in [0.2, 0.25) is 0 Å². The van der Waals surface area contributed by atoms with E-state index in [1.165, 1.54) is 0 Å². The number of carbonyl (C=O) groups excluding carboxylic acids is 1. The van der Waals surface area contributed by atoms with Crippen molar-refractivity contribution < 1.29 is 9.53 Å². The number of likely N-dealkylation sites (N-methyl/N-ethyl adjacent to an activating group) is 1. The average molecular weight is 415 g/mol. The summed E-state index contributed by atoms with van der Waals surface area (Å²) in [5.41, 5.74) is 2.22. The highest BCUT2D eigenvalue weighted by atomic mass is 16.5. The predicted octanol–water partition coefficient (Wildman–Crippen LogP) is 4.95. The summed E-state index contributed by atoms with van der Waals surface area (Å²) in [6, 6.07) is 26.1. The molecule has 0 heterocycles. The van der Waals surface area contributed by atoms with Gasteiger partial charge in [0.15, 0.2) is 0 Å². The predicted molar refractivity (Wildman–Crippen MR) is 122 cm³/mol. The Balaban J connectivity index is 1.66. The zero-order valence-electron chi connectivity index (χ0n) is 17.8. The fourth-order valence-electron chi connectivity index (χ4n) is 2.96. The largest absolute Gasteiger partial charge is 0.456 e. The first-order chi connectivity index (χ1) is 15.0. The van der Waals surface area contributed by atoms with Crippen LogP contribution in [-0.2, 0) is 6.54 Å². The molecule has 6 heteroatoms. The third-order valence-corrected chi connectivity index (χ3v) is 4.66. The van der Waals surface area contributed by atoms with Crippen molar-refractivity contribution in [2.75, 3.05) is 32.5 Å². The quantitative estimate of drug-likeness (QED) is 0.566. The van der Waals surface area contributed by atoms with Crippen LogP contribution in [0.1, 0.15) is 11.1 Å². The van der Waals surface area contributed by atoms with E-state index in [2.05, 4.69) is 16.3 Å². The Bertz CT molecular complexity index is 1030. The van der Waals surface area contributed by atoms with Crippen molar-refractivity contribution in [3.8, 4) is 17.6 Å². The first-order valence-corrected chi connectivity index (χ1v) is 10.1. The Labute approximate surface area is 183 Å². The highest BCUT2D eigenvalue weighted by Crippen LogP contribution is 2.26. The number of nitrogens with zero attached hydrogens (tertiary/aromatic N) is 3. The van der Waals surface area contributed by atoms with Crippen LogP contribution in [0, 0.1) is 11.3 Å². The van der Waals surface area contributed by atoms with E-state index in [4.69, 9.17) is 4.74 Å². The summed E-state index contributed by atoms with van der Waals surface area (Å²) in [4.78, 5) is 16.8. The van der Waals surface area contributed by atoms with Crippen LogP contribution in [0.4, 0.5) is 10.5 Å². The number of nitrogens with one attached hydrogen (secondary N) is 1. The molecule has 0 radical (unpaired) electrons. The van der Waals surface area contributed by atoms with Crippen molar-refractivity contribution in [1.82, 2.24) is 9.80 Å². The molecule has 0 bridgehead atoms. The van der Waals surface area contributed by atoms with Gasteiger partial charge in [-0.1, -0.05) is 42.5 Å². The molecule has 0 aliphatic carbocycles. The second-order valence-electron chi connectivity index (χ2n) is 7.37. The molecule has 0 saturated heterocycles. The number of hydrogen-bond donors (Lipinski definition) is 1. The van der Waals surface area contributed by atoms with Crippen LogP contribution < -0.4 is 10.1 Å². The second-order valence-corrected chi connectivity index (χ2v) is 7.37. The Morgan fingerprint density at radius 3 is 2.29 bits per heavy atom. The molecule has 3 aromatic carbocycles. The van der Waals surface area contributed by atoms with Crippen LogP contribution in [-0.4, -0.2) is 43.0 Å². The van der Waals surface area contributed by atoms with Crippen molar-refractivity contribution >= 4 is 11.7 Å². The summed E-state index contributed by atoms with van der Waals surface area (Å²) in [6.45, 7) is 1.91. The summed E-state index contributed by atoms with van der Waals surface area (Å²) < 4.78 is 5.80. The molecule has 0 saturated carbocycles. The minimum atomic E-state index is -0.158. The van der Waals surface area contributed by atoms with Gasteiger partial charge < -0.3 is 19.9 Å². The number of anilines is 1. The molecule has 158 valence electrons. The fraction of sp³-hybridized carbons (Fsp3) is 0.200. The molecule has 0 atom stereocenters. The first kappa shape index (κ1) is 21.9. The van der Waals surface area contributed by atoms with Gasteiger partial charge in [0.1, 0.15) is 17.6 Å². The molecule has 2 amide bonds. The molecule has 3 rings (SSSR count). The number of nitriles is 1. The van der Waals surface area contributed by atoms with E-state index >= 15 is 0 Å². The number of para-hydroxylation sites is 1. The lowest BCUT2D eigenvalue weighted by atomic mass is 10.2. The molecular weight excluding hydrogens is 388 g/mol. The summed E-state index contributed by atoms with van der Waals surface area (Å²) in [7, 11) is 3.98. The molecule has 6 nitrogen and oxygen atoms in total. The number of amides is 2. The number of carbonyl (C=O) groups is 1. The SMILES string of the molecule is CN(C)CCN(Cc1ccccc1)C(=O)Nc1ccc(Oc2ccccc2C#N)cc1. The van der Waals surface area contributed by atoms with E-state index in [0.29, 0.717) is 35.8 Å². The summed E-state index contributed by atoms with van der Waals surface area (Å²) in [6.07, 6.45) is 0. The Kier molecular flexibility index (Phi) is 7.63. The molecule has 31 heavy (non-hydrogen) atoms. The molecule has 0 aliphatic heterocycles. The third kappa shape index (κ3) is 6.59. The minimum absolute atomic E-state index is 0.158. The van der Waals surface area contributed by atoms with Crippen molar-refractivity contribution in [1.29, 1.82) is 5.26 Å². The molecule has 0 aromatic heterocycles. The number of benzene rings is 3. The van der Waals surface area contributed by atoms with E-state index in [9.17, 15) is 10.1 Å². The van der Waals surface area contributed by atoms with E-state index in [1.54, 1.807) is 47.4 Å². The zero-order valence-corrected chi connectivity index (χ0v) is 17.8. The summed E-state index contributed by atoms with van der Waals surface area (Å²) in [5.74, 6) is 1.09. The van der Waals surface area contributed by atoms with Gasteiger partial charge in [-0.05, 0) is 56.1 Å². The highest BCUT2D eigenvalue weighted by molar-refractivity contribution is 5.89. The number of urea groups is 1. The smallest absolute Gasteiger partial charge is 0.322 e. The van der Waals surface area contributed by atoms with Crippen LogP contribution in [0.25, 0.3) is 0 Å². The average Bonchev–Trinajstić information content (AvgIpc) is 2.79. The van der Waals surface area contributed by atoms with Gasteiger partial charge in [0.25, 0.3) is 0 Å². The maximum absolute atomic E-state index is 12.9. The van der Waals surface area contributed by atoms with Crippen LogP contribution in [0.5, 0.6) is 11.5 Å². The van der Waals surface area contributed by atoms with Crippen molar-refractivity contribution in [2.45, 2.75) is 6.54 Å². The summed E-state index contributed by atoms with van der Waals surface area (Å²) in [5, 5.41) is 12.2. The maximum atomic E-state index is 12.9. The van der Waals surface area contributed by atoms with E-state index in [0.717, 1.165) is 12.1 Å². The Morgan fingerprint density at radius 2 is 1.61 bits per heavy atom. The fourth-order valence-corrected chi connectivity index (χ4v) is 2.96. The molecule has 3 aromatic rings. The minimum Gasteiger partial charge on any atom is -0.456 e. The van der Waals surface area contributed by atoms with Crippen molar-refractivity contribution in [3.63, 3.8) is 0 Å². The van der Waals surface area contributed by atoms with Gasteiger partial charge in [-0.15, -0.1) is 0 Å². The normalized spacial score (nSPS) is 10.4. The van der Waals surface area contributed by atoms with Gasteiger partial charge in [-0.25, -0.2) is 4.79 Å². The van der Waals surface area contributed by atoms with Gasteiger partial charge in [-0.2, -0.15) is 5.26 Å². The molecular formula is C25H26N4O2. The standard InChI is InChI=1S/C25H26N4O2/c1-28(2)16-17-29(19-20-8-4-3-5-9-20)25(30)27-22-12-14-23(15-13-22)31-24-11-7-6-10-21(24)18-26/h3-15H,16-17,19H2,1-2H3,(H,27,30). The molecule has 0 spiro atoms. The van der Waals surface area contributed by atoms with E-state index < -0.39 is 0 Å². The van der Waals surface area contributed by atoms with Gasteiger partial charge >= 0.3 is 6.03 Å². The second kappa shape index (κ2) is 10.8. The lowest BCUT2D eigenvalue weighted by Crippen LogP contribution is -2.39. The Hall–Kier alpha value is -3.82. The number of rotatable bonds is 8. The summed E-state index contributed by atoms with van der Waals surface area (Å²) >= 11 is 0. The van der Waals surface area contributed by atoms with Gasteiger partial charge in [0.05, 0.1) is 5.56 Å². The lowest BCUT2D eigenvalue weighted by Gasteiger charge is -2.25. The molecule has 0 aliphatic rings.